The minimum Gasteiger partial charge on any atom is -0.309 e. The molecule has 0 aliphatic rings. The molecule has 0 amide bonds. The fourth-order valence-corrected chi connectivity index (χ4v) is 15.2. The zero-order valence-corrected chi connectivity index (χ0v) is 44.2. The third kappa shape index (κ3) is 7.14. The summed E-state index contributed by atoms with van der Waals surface area (Å²) in [7, 11) is 0. The first-order chi connectivity index (χ1) is 38.7. The van der Waals surface area contributed by atoms with Gasteiger partial charge in [0.05, 0.1) is 22.1 Å². The lowest BCUT2D eigenvalue weighted by Crippen LogP contribution is -1.98. The summed E-state index contributed by atoms with van der Waals surface area (Å²) in [5.41, 5.74) is 15.2. The highest BCUT2D eigenvalue weighted by molar-refractivity contribution is 7.25. The molecule has 0 fully saturated rings. The van der Waals surface area contributed by atoms with Crippen molar-refractivity contribution in [2.24, 2.45) is 0 Å². The molecule has 16 rings (SSSR count). The van der Waals surface area contributed by atoms with Crippen LogP contribution in [0.25, 0.3) is 129 Å². The van der Waals surface area contributed by atoms with Gasteiger partial charge in [0.2, 0.25) is 0 Å². The van der Waals surface area contributed by atoms with Crippen molar-refractivity contribution in [1.29, 1.82) is 0 Å². The summed E-state index contributed by atoms with van der Waals surface area (Å²) in [6, 6.07) is 99.2. The summed E-state index contributed by atoms with van der Waals surface area (Å²) in [5.74, 6) is 0. The molecule has 4 heteroatoms. The molecule has 0 saturated carbocycles. The molecule has 0 saturated heterocycles. The number of hydrogen-bond donors (Lipinski definition) is 0. The lowest BCUT2D eigenvalue weighted by molar-refractivity contribution is 1.15. The van der Waals surface area contributed by atoms with E-state index in [0.717, 1.165) is 12.8 Å². The van der Waals surface area contributed by atoms with E-state index in [4.69, 9.17) is 0 Å². The minimum absolute atomic E-state index is 0.821. The smallest absolute Gasteiger partial charge is 0.0541 e. The number of hydrogen-bond acceptors (Lipinski definition) is 2. The first-order valence-corrected chi connectivity index (χ1v) is 28.5. The molecule has 4 heterocycles. The van der Waals surface area contributed by atoms with Gasteiger partial charge in [0.1, 0.15) is 0 Å². The standard InChI is InChI=1S/C74H48N2S2/c1-5-31-59-51(23-1)63(45-47-19-17-21-49(43-47)75-65-35-13-9-27-55(65)56-28-10-14-36-66(56)75)52-24-2-6-32-60(52)73(59)71-41-39-69(77-71)70-40-42-72(78-70)74-61-33-7-3-25-53(61)64(54-26-4-8-34-62(54)74)46-48-20-18-22-50(44-48)76-67-37-15-11-29-57(67)58-30-12-16-38-68(58)76/h1-44H,45-46H2. The maximum Gasteiger partial charge on any atom is 0.0541 e. The molecule has 0 N–H and O–H groups in total. The molecule has 78 heavy (non-hydrogen) atoms. The fourth-order valence-electron chi connectivity index (χ4n) is 13.0. The quantitative estimate of drug-likeness (QED) is 0.128. The van der Waals surface area contributed by atoms with Gasteiger partial charge >= 0.3 is 0 Å². The van der Waals surface area contributed by atoms with Gasteiger partial charge in [-0.25, -0.2) is 0 Å². The van der Waals surface area contributed by atoms with Crippen molar-refractivity contribution in [3.05, 3.63) is 289 Å². The van der Waals surface area contributed by atoms with E-state index in [0.29, 0.717) is 0 Å². The summed E-state index contributed by atoms with van der Waals surface area (Å²) in [6.45, 7) is 0. The van der Waals surface area contributed by atoms with Crippen molar-refractivity contribution in [3.63, 3.8) is 0 Å². The van der Waals surface area contributed by atoms with Crippen molar-refractivity contribution in [3.8, 4) is 42.0 Å². The van der Waals surface area contributed by atoms with Crippen LogP contribution in [0.1, 0.15) is 22.3 Å². The summed E-state index contributed by atoms with van der Waals surface area (Å²) in [6.07, 6.45) is 1.64. The molecule has 2 nitrogen and oxygen atoms in total. The molecule has 0 spiro atoms. The molecule has 0 unspecified atom stereocenters. The zero-order valence-electron chi connectivity index (χ0n) is 42.5. The Kier molecular flexibility index (Phi) is 10.5. The SMILES string of the molecule is c1cc(Cc2c3ccccc3c(-c3ccc(-c4ccc(-c5c6ccccc6c(Cc6cccc(-n7c8ccccc8c8ccccc87)c6)c6ccccc56)s4)s3)c3ccccc23)cc(-n2c3ccccc3c3ccccc32)c1. The van der Waals surface area contributed by atoms with Crippen LogP contribution in [0.2, 0.25) is 0 Å². The molecule has 0 aliphatic carbocycles. The van der Waals surface area contributed by atoms with E-state index in [1.807, 2.05) is 22.7 Å². The van der Waals surface area contributed by atoms with Gasteiger partial charge in [-0.1, -0.05) is 194 Å². The molecule has 4 aromatic heterocycles. The van der Waals surface area contributed by atoms with Crippen LogP contribution in [0.5, 0.6) is 0 Å². The van der Waals surface area contributed by atoms with Gasteiger partial charge in [-0.2, -0.15) is 0 Å². The van der Waals surface area contributed by atoms with Gasteiger partial charge in [-0.15, -0.1) is 22.7 Å². The van der Waals surface area contributed by atoms with Gasteiger partial charge in [-0.05, 0) is 151 Å². The summed E-state index contributed by atoms with van der Waals surface area (Å²) < 4.78 is 4.85. The van der Waals surface area contributed by atoms with Gasteiger partial charge in [0.25, 0.3) is 0 Å². The number of nitrogens with zero attached hydrogens (tertiary/aromatic N) is 2. The number of rotatable bonds is 9. The maximum atomic E-state index is 2.42. The summed E-state index contributed by atoms with van der Waals surface area (Å²) >= 11 is 3.81. The Morgan fingerprint density at radius 1 is 0.231 bits per heavy atom. The molecule has 12 aromatic carbocycles. The lowest BCUT2D eigenvalue weighted by atomic mass is 9.88. The van der Waals surface area contributed by atoms with E-state index in [9.17, 15) is 0 Å². The number of fused-ring (bicyclic) bond motifs is 10. The van der Waals surface area contributed by atoms with Crippen LogP contribution in [0.4, 0.5) is 0 Å². The minimum atomic E-state index is 0.821. The predicted molar refractivity (Wildman–Crippen MR) is 336 cm³/mol. The largest absolute Gasteiger partial charge is 0.309 e. The molecule has 366 valence electrons. The Bertz CT molecular complexity index is 4520. The molecular formula is C74H48N2S2. The average Bonchev–Trinajstić information content (AvgIpc) is 4.44. The van der Waals surface area contributed by atoms with Crippen molar-refractivity contribution < 1.29 is 0 Å². The number of benzene rings is 12. The third-order valence-corrected chi connectivity index (χ3v) is 18.7. The van der Waals surface area contributed by atoms with E-state index in [1.54, 1.807) is 0 Å². The predicted octanol–water partition coefficient (Wildman–Crippen LogP) is 20.8. The van der Waals surface area contributed by atoms with Crippen molar-refractivity contribution in [2.75, 3.05) is 0 Å². The Hall–Kier alpha value is -9.32. The van der Waals surface area contributed by atoms with Crippen LogP contribution in [0.3, 0.4) is 0 Å². The van der Waals surface area contributed by atoms with Crippen LogP contribution in [0.15, 0.2) is 267 Å². The van der Waals surface area contributed by atoms with Crippen molar-refractivity contribution in [2.45, 2.75) is 12.8 Å². The third-order valence-electron chi connectivity index (χ3n) is 16.3. The van der Waals surface area contributed by atoms with Crippen LogP contribution in [0, 0.1) is 0 Å². The summed E-state index contributed by atoms with van der Waals surface area (Å²) in [4.78, 5) is 5.15. The Morgan fingerprint density at radius 3 is 0.821 bits per heavy atom. The van der Waals surface area contributed by atoms with Crippen LogP contribution >= 0.6 is 22.7 Å². The van der Waals surface area contributed by atoms with Crippen LogP contribution in [-0.4, -0.2) is 9.13 Å². The van der Waals surface area contributed by atoms with Crippen molar-refractivity contribution >= 4 is 109 Å². The van der Waals surface area contributed by atoms with E-state index < -0.39 is 0 Å². The van der Waals surface area contributed by atoms with Gasteiger partial charge in [-0.3, -0.25) is 0 Å². The highest BCUT2D eigenvalue weighted by Gasteiger charge is 2.22. The number of para-hydroxylation sites is 4. The number of aromatic nitrogens is 2. The van der Waals surface area contributed by atoms with Crippen LogP contribution < -0.4 is 0 Å². The highest BCUT2D eigenvalue weighted by Crippen LogP contribution is 2.49. The Morgan fingerprint density at radius 2 is 0.500 bits per heavy atom. The fraction of sp³-hybridized carbons (Fsp3) is 0.0270. The van der Waals surface area contributed by atoms with E-state index in [2.05, 4.69) is 276 Å². The molecule has 0 aliphatic heterocycles. The van der Waals surface area contributed by atoms with E-state index >= 15 is 0 Å². The second-order valence-corrected chi connectivity index (χ2v) is 22.8. The van der Waals surface area contributed by atoms with Crippen molar-refractivity contribution in [1.82, 2.24) is 9.13 Å². The Labute approximate surface area is 459 Å². The number of thiophene rings is 2. The van der Waals surface area contributed by atoms with Gasteiger partial charge in [0.15, 0.2) is 0 Å². The van der Waals surface area contributed by atoms with Crippen LogP contribution in [-0.2, 0) is 12.8 Å². The highest BCUT2D eigenvalue weighted by atomic mass is 32.1. The molecular weight excluding hydrogens is 981 g/mol. The molecule has 0 radical (unpaired) electrons. The first kappa shape index (κ1) is 44.9. The summed E-state index contributed by atoms with van der Waals surface area (Å²) in [5, 5.41) is 15.5. The second-order valence-electron chi connectivity index (χ2n) is 20.7. The Balaban J connectivity index is 0.758. The first-order valence-electron chi connectivity index (χ1n) is 26.9. The van der Waals surface area contributed by atoms with Gasteiger partial charge < -0.3 is 9.13 Å². The average molecular weight is 1030 g/mol. The van der Waals surface area contributed by atoms with E-state index in [1.165, 1.54) is 151 Å². The molecule has 16 aromatic rings. The molecule has 0 bridgehead atoms. The maximum absolute atomic E-state index is 2.42. The van der Waals surface area contributed by atoms with Gasteiger partial charge in [0, 0.05) is 63.6 Å². The normalized spacial score (nSPS) is 11.9. The van der Waals surface area contributed by atoms with E-state index in [-0.39, 0.29) is 0 Å². The topological polar surface area (TPSA) is 9.86 Å². The second kappa shape index (κ2) is 18.2. The molecule has 0 atom stereocenters. The lowest BCUT2D eigenvalue weighted by Gasteiger charge is -2.17. The zero-order chi connectivity index (χ0) is 51.3. The monoisotopic (exact) mass is 1030 g/mol.